The lowest BCUT2D eigenvalue weighted by molar-refractivity contribution is 0.435. The van der Waals surface area contributed by atoms with Gasteiger partial charge in [-0.3, -0.25) is 0 Å². The van der Waals surface area contributed by atoms with Crippen LogP contribution in [0.4, 0.5) is 0 Å². The second-order valence-corrected chi connectivity index (χ2v) is 5.58. The second kappa shape index (κ2) is 5.15. The minimum Gasteiger partial charge on any atom is -0.238 e. The number of alkyl halides is 1. The first-order chi connectivity index (χ1) is 8.84. The van der Waals surface area contributed by atoms with Crippen molar-refractivity contribution >= 4 is 11.6 Å². The van der Waals surface area contributed by atoms with Crippen molar-refractivity contribution in [1.82, 2.24) is 9.78 Å². The molecule has 1 saturated carbocycles. The Morgan fingerprint density at radius 3 is 2.72 bits per heavy atom. The molecule has 3 rings (SSSR count). The molecule has 94 valence electrons. The standard InChI is InChI=1S/C15H17ClN2/c16-13-6-4-5-12(11-13)15-9-10-17-18(15)14-7-2-1-3-8-14/h1-3,7-10,12-13H,4-6,11H2. The summed E-state index contributed by atoms with van der Waals surface area (Å²) in [6.07, 6.45) is 6.55. The highest BCUT2D eigenvalue weighted by Crippen LogP contribution is 2.35. The number of nitrogens with zero attached hydrogens (tertiary/aromatic N) is 2. The van der Waals surface area contributed by atoms with Crippen molar-refractivity contribution in [3.63, 3.8) is 0 Å². The van der Waals surface area contributed by atoms with E-state index in [0.717, 1.165) is 18.5 Å². The first-order valence-corrected chi connectivity index (χ1v) is 7.01. The molecule has 3 heteroatoms. The average molecular weight is 261 g/mol. The van der Waals surface area contributed by atoms with Gasteiger partial charge in [-0.05, 0) is 37.5 Å². The third-order valence-electron chi connectivity index (χ3n) is 3.70. The van der Waals surface area contributed by atoms with E-state index < -0.39 is 0 Å². The van der Waals surface area contributed by atoms with Crippen molar-refractivity contribution in [1.29, 1.82) is 0 Å². The molecule has 2 atom stereocenters. The van der Waals surface area contributed by atoms with Crippen LogP contribution in [-0.4, -0.2) is 15.2 Å². The van der Waals surface area contributed by atoms with Crippen molar-refractivity contribution in [2.45, 2.75) is 37.0 Å². The summed E-state index contributed by atoms with van der Waals surface area (Å²) in [5, 5.41) is 4.78. The van der Waals surface area contributed by atoms with Crippen LogP contribution in [0.2, 0.25) is 0 Å². The number of hydrogen-bond donors (Lipinski definition) is 0. The molecule has 0 aliphatic heterocycles. The van der Waals surface area contributed by atoms with Gasteiger partial charge >= 0.3 is 0 Å². The SMILES string of the molecule is ClC1CCCC(c2ccnn2-c2ccccc2)C1. The highest BCUT2D eigenvalue weighted by molar-refractivity contribution is 6.20. The minimum absolute atomic E-state index is 0.322. The van der Waals surface area contributed by atoms with E-state index in [9.17, 15) is 0 Å². The molecular weight excluding hydrogens is 244 g/mol. The van der Waals surface area contributed by atoms with E-state index in [1.165, 1.54) is 18.5 Å². The molecule has 0 radical (unpaired) electrons. The number of hydrogen-bond acceptors (Lipinski definition) is 1. The fourth-order valence-corrected chi connectivity index (χ4v) is 3.18. The highest BCUT2D eigenvalue weighted by Gasteiger charge is 2.24. The lowest BCUT2D eigenvalue weighted by Gasteiger charge is -2.26. The predicted octanol–water partition coefficient (Wildman–Crippen LogP) is 4.14. The molecule has 1 heterocycles. The van der Waals surface area contributed by atoms with Crippen molar-refractivity contribution < 1.29 is 0 Å². The van der Waals surface area contributed by atoms with Crippen LogP contribution < -0.4 is 0 Å². The predicted molar refractivity (Wildman–Crippen MR) is 74.4 cm³/mol. The van der Waals surface area contributed by atoms with Crippen LogP contribution in [0.1, 0.15) is 37.3 Å². The van der Waals surface area contributed by atoms with Gasteiger partial charge in [0.25, 0.3) is 0 Å². The third-order valence-corrected chi connectivity index (χ3v) is 4.10. The lowest BCUT2D eigenvalue weighted by Crippen LogP contribution is -2.17. The molecule has 1 aromatic heterocycles. The fourth-order valence-electron chi connectivity index (χ4n) is 2.81. The first-order valence-electron chi connectivity index (χ1n) is 6.58. The molecule has 0 N–H and O–H groups in total. The van der Waals surface area contributed by atoms with Crippen LogP contribution in [0.3, 0.4) is 0 Å². The molecule has 0 bridgehead atoms. The van der Waals surface area contributed by atoms with Crippen LogP contribution >= 0.6 is 11.6 Å². The van der Waals surface area contributed by atoms with Crippen LogP contribution in [0.5, 0.6) is 0 Å². The summed E-state index contributed by atoms with van der Waals surface area (Å²) < 4.78 is 2.06. The molecule has 1 aromatic carbocycles. The summed E-state index contributed by atoms with van der Waals surface area (Å²) in [4.78, 5) is 0. The van der Waals surface area contributed by atoms with E-state index in [2.05, 4.69) is 28.0 Å². The highest BCUT2D eigenvalue weighted by atomic mass is 35.5. The monoisotopic (exact) mass is 260 g/mol. The van der Waals surface area contributed by atoms with Gasteiger partial charge in [0.15, 0.2) is 0 Å². The van der Waals surface area contributed by atoms with E-state index in [0.29, 0.717) is 11.3 Å². The molecule has 1 aliphatic carbocycles. The van der Waals surface area contributed by atoms with Gasteiger partial charge in [0.2, 0.25) is 0 Å². The lowest BCUT2D eigenvalue weighted by atomic mass is 9.86. The Morgan fingerprint density at radius 1 is 1.11 bits per heavy atom. The average Bonchev–Trinajstić information content (AvgIpc) is 2.89. The van der Waals surface area contributed by atoms with E-state index >= 15 is 0 Å². The Balaban J connectivity index is 1.92. The summed E-state index contributed by atoms with van der Waals surface area (Å²) in [7, 11) is 0. The molecule has 2 aromatic rings. The molecule has 1 aliphatic rings. The summed E-state index contributed by atoms with van der Waals surface area (Å²) in [6, 6.07) is 12.4. The molecule has 0 spiro atoms. The third kappa shape index (κ3) is 2.30. The van der Waals surface area contributed by atoms with Gasteiger partial charge in [0.05, 0.1) is 5.69 Å². The Labute approximate surface area is 113 Å². The zero-order chi connectivity index (χ0) is 12.4. The Hall–Kier alpha value is -1.28. The minimum atomic E-state index is 0.322. The maximum Gasteiger partial charge on any atom is 0.0648 e. The van der Waals surface area contributed by atoms with Gasteiger partial charge in [-0.25, -0.2) is 4.68 Å². The first kappa shape index (κ1) is 11.8. The molecular formula is C15H17ClN2. The maximum atomic E-state index is 6.30. The van der Waals surface area contributed by atoms with Crippen molar-refractivity contribution in [2.75, 3.05) is 0 Å². The smallest absolute Gasteiger partial charge is 0.0648 e. The Morgan fingerprint density at radius 2 is 1.94 bits per heavy atom. The van der Waals surface area contributed by atoms with Gasteiger partial charge < -0.3 is 0 Å². The fraction of sp³-hybridized carbons (Fsp3) is 0.400. The quantitative estimate of drug-likeness (QED) is 0.742. The van der Waals surface area contributed by atoms with Gasteiger partial charge in [0, 0.05) is 23.2 Å². The number of halogens is 1. The molecule has 1 fully saturated rings. The number of benzene rings is 1. The Kier molecular flexibility index (Phi) is 3.37. The summed E-state index contributed by atoms with van der Waals surface area (Å²) >= 11 is 6.30. The van der Waals surface area contributed by atoms with E-state index in [-0.39, 0.29) is 0 Å². The van der Waals surface area contributed by atoms with Gasteiger partial charge in [-0.15, -0.1) is 11.6 Å². The van der Waals surface area contributed by atoms with Crippen molar-refractivity contribution in [3.05, 3.63) is 48.3 Å². The van der Waals surface area contributed by atoms with Crippen molar-refractivity contribution in [2.24, 2.45) is 0 Å². The van der Waals surface area contributed by atoms with Crippen LogP contribution in [-0.2, 0) is 0 Å². The van der Waals surface area contributed by atoms with Gasteiger partial charge in [0.1, 0.15) is 0 Å². The van der Waals surface area contributed by atoms with Gasteiger partial charge in [-0.2, -0.15) is 5.10 Å². The summed E-state index contributed by atoms with van der Waals surface area (Å²) in [5.41, 5.74) is 2.43. The second-order valence-electron chi connectivity index (χ2n) is 4.96. The number of para-hydroxylation sites is 1. The summed E-state index contributed by atoms with van der Waals surface area (Å²) in [5.74, 6) is 0.545. The van der Waals surface area contributed by atoms with Gasteiger partial charge in [-0.1, -0.05) is 24.6 Å². The van der Waals surface area contributed by atoms with Crippen LogP contribution in [0.15, 0.2) is 42.6 Å². The number of rotatable bonds is 2. The van der Waals surface area contributed by atoms with Crippen LogP contribution in [0, 0.1) is 0 Å². The van der Waals surface area contributed by atoms with E-state index in [1.807, 2.05) is 24.4 Å². The molecule has 0 saturated heterocycles. The normalized spacial score (nSPS) is 24.1. The largest absolute Gasteiger partial charge is 0.238 e. The molecule has 2 unspecified atom stereocenters. The number of aromatic nitrogens is 2. The molecule has 0 amide bonds. The summed E-state index contributed by atoms with van der Waals surface area (Å²) in [6.45, 7) is 0. The maximum absolute atomic E-state index is 6.30. The van der Waals surface area contributed by atoms with Crippen LogP contribution in [0.25, 0.3) is 5.69 Å². The zero-order valence-corrected chi connectivity index (χ0v) is 11.1. The van der Waals surface area contributed by atoms with E-state index in [4.69, 9.17) is 11.6 Å². The van der Waals surface area contributed by atoms with E-state index in [1.54, 1.807) is 0 Å². The van der Waals surface area contributed by atoms with Crippen molar-refractivity contribution in [3.8, 4) is 5.69 Å². The topological polar surface area (TPSA) is 17.8 Å². The Bertz CT molecular complexity index is 506. The molecule has 2 nitrogen and oxygen atoms in total. The molecule has 18 heavy (non-hydrogen) atoms. The zero-order valence-electron chi connectivity index (χ0n) is 10.3.